The molecule has 1 aromatic rings. The van der Waals surface area contributed by atoms with Gasteiger partial charge in [-0.05, 0) is 38.1 Å². The zero-order valence-corrected chi connectivity index (χ0v) is 12.4. The number of aliphatic hydroxyl groups excluding tert-OH is 1. The molecule has 0 aliphatic heterocycles. The molecule has 0 amide bonds. The van der Waals surface area contributed by atoms with Gasteiger partial charge in [0.15, 0.2) is 0 Å². The molecular formula is C11H16BrNO3S. The minimum atomic E-state index is -3.57. The fourth-order valence-electron chi connectivity index (χ4n) is 1.19. The van der Waals surface area contributed by atoms with Crippen molar-refractivity contribution >= 4 is 26.0 Å². The van der Waals surface area contributed by atoms with Crippen LogP contribution in [0.4, 0.5) is 0 Å². The van der Waals surface area contributed by atoms with Crippen LogP contribution >= 0.6 is 15.9 Å². The second kappa shape index (κ2) is 5.06. The molecule has 6 heteroatoms. The molecule has 0 heterocycles. The lowest BCUT2D eigenvalue weighted by Crippen LogP contribution is -2.47. The van der Waals surface area contributed by atoms with Gasteiger partial charge in [0.2, 0.25) is 10.0 Å². The first-order valence-corrected chi connectivity index (χ1v) is 7.30. The van der Waals surface area contributed by atoms with E-state index in [1.807, 2.05) is 0 Å². The molecule has 0 spiro atoms. The van der Waals surface area contributed by atoms with E-state index in [-0.39, 0.29) is 11.5 Å². The lowest BCUT2D eigenvalue weighted by molar-refractivity contribution is 0.138. The van der Waals surface area contributed by atoms with Gasteiger partial charge in [-0.2, -0.15) is 4.31 Å². The predicted molar refractivity (Wildman–Crippen MR) is 70.3 cm³/mol. The summed E-state index contributed by atoms with van der Waals surface area (Å²) in [4.78, 5) is 0.213. The molecule has 1 rings (SSSR count). The average Bonchev–Trinajstić information content (AvgIpc) is 2.28. The first-order valence-electron chi connectivity index (χ1n) is 5.07. The zero-order chi connectivity index (χ0) is 13.3. The van der Waals surface area contributed by atoms with E-state index in [4.69, 9.17) is 0 Å². The quantitative estimate of drug-likeness (QED) is 0.920. The highest BCUT2D eigenvalue weighted by molar-refractivity contribution is 9.10. The van der Waals surface area contributed by atoms with Gasteiger partial charge in [-0.1, -0.05) is 15.9 Å². The van der Waals surface area contributed by atoms with Crippen LogP contribution in [0.25, 0.3) is 0 Å². The van der Waals surface area contributed by atoms with Crippen molar-refractivity contribution in [3.05, 3.63) is 28.7 Å². The highest BCUT2D eigenvalue weighted by Gasteiger charge is 2.33. The van der Waals surface area contributed by atoms with Gasteiger partial charge in [0.05, 0.1) is 17.0 Å². The number of nitrogens with zero attached hydrogens (tertiary/aromatic N) is 1. The minimum Gasteiger partial charge on any atom is -0.394 e. The lowest BCUT2D eigenvalue weighted by Gasteiger charge is -2.32. The van der Waals surface area contributed by atoms with Crippen LogP contribution in [-0.4, -0.2) is 37.0 Å². The second-order valence-electron chi connectivity index (χ2n) is 4.40. The molecule has 0 fully saturated rings. The van der Waals surface area contributed by atoms with Crippen LogP contribution in [0.1, 0.15) is 13.8 Å². The molecule has 0 radical (unpaired) electrons. The van der Waals surface area contributed by atoms with Gasteiger partial charge >= 0.3 is 0 Å². The van der Waals surface area contributed by atoms with Gasteiger partial charge in [-0.15, -0.1) is 0 Å². The summed E-state index contributed by atoms with van der Waals surface area (Å²) in [7, 11) is -2.11. The number of benzene rings is 1. The van der Waals surface area contributed by atoms with Crippen molar-refractivity contribution in [3.63, 3.8) is 0 Å². The molecule has 1 aromatic carbocycles. The van der Waals surface area contributed by atoms with Crippen LogP contribution in [0, 0.1) is 0 Å². The summed E-state index contributed by atoms with van der Waals surface area (Å²) in [5.74, 6) is 0. The monoisotopic (exact) mass is 321 g/mol. The molecule has 0 aromatic heterocycles. The summed E-state index contributed by atoms with van der Waals surface area (Å²) >= 11 is 3.25. The molecule has 0 bridgehead atoms. The Kier molecular flexibility index (Phi) is 4.35. The maximum Gasteiger partial charge on any atom is 0.243 e. The number of hydrogen-bond donors (Lipinski definition) is 1. The summed E-state index contributed by atoms with van der Waals surface area (Å²) in [6.45, 7) is 3.10. The predicted octanol–water partition coefficient (Wildman–Crippen LogP) is 1.84. The SMILES string of the molecule is CN(C(C)(C)CO)S(=O)(=O)c1ccc(Br)cc1. The number of aliphatic hydroxyl groups is 1. The molecule has 17 heavy (non-hydrogen) atoms. The van der Waals surface area contributed by atoms with Gasteiger partial charge in [0, 0.05) is 11.5 Å². The van der Waals surface area contributed by atoms with E-state index in [1.165, 1.54) is 23.5 Å². The zero-order valence-electron chi connectivity index (χ0n) is 10.0. The molecule has 4 nitrogen and oxygen atoms in total. The van der Waals surface area contributed by atoms with Gasteiger partial charge in [-0.25, -0.2) is 8.42 Å². The van der Waals surface area contributed by atoms with Crippen molar-refractivity contribution in [1.29, 1.82) is 0 Å². The Morgan fingerprint density at radius 2 is 1.76 bits per heavy atom. The van der Waals surface area contributed by atoms with Crippen molar-refractivity contribution in [2.45, 2.75) is 24.3 Å². The van der Waals surface area contributed by atoms with Crippen molar-refractivity contribution < 1.29 is 13.5 Å². The molecule has 0 saturated heterocycles. The molecule has 0 aliphatic rings. The molecule has 1 N–H and O–H groups in total. The van der Waals surface area contributed by atoms with Crippen LogP contribution in [0.15, 0.2) is 33.6 Å². The highest BCUT2D eigenvalue weighted by Crippen LogP contribution is 2.23. The molecule has 0 atom stereocenters. The van der Waals surface area contributed by atoms with Crippen LogP contribution in [0.3, 0.4) is 0 Å². The Morgan fingerprint density at radius 3 is 2.18 bits per heavy atom. The smallest absolute Gasteiger partial charge is 0.243 e. The van der Waals surface area contributed by atoms with Gasteiger partial charge in [0.1, 0.15) is 0 Å². The summed E-state index contributed by atoms with van der Waals surface area (Å²) < 4.78 is 26.5. The maximum absolute atomic E-state index is 12.2. The Morgan fingerprint density at radius 1 is 1.29 bits per heavy atom. The largest absolute Gasteiger partial charge is 0.394 e. The minimum absolute atomic E-state index is 0.213. The number of hydrogen-bond acceptors (Lipinski definition) is 3. The summed E-state index contributed by atoms with van der Waals surface area (Å²) in [6.07, 6.45) is 0. The summed E-state index contributed by atoms with van der Waals surface area (Å²) in [5, 5.41) is 9.21. The van der Waals surface area contributed by atoms with Crippen molar-refractivity contribution in [1.82, 2.24) is 4.31 Å². The Bertz CT molecular complexity index is 482. The molecule has 0 saturated carbocycles. The number of halogens is 1. The maximum atomic E-state index is 12.2. The van der Waals surface area contributed by atoms with Crippen molar-refractivity contribution in [2.75, 3.05) is 13.7 Å². The Balaban J connectivity index is 3.16. The van der Waals surface area contributed by atoms with Crippen LogP contribution in [0.5, 0.6) is 0 Å². The molecular weight excluding hydrogens is 306 g/mol. The lowest BCUT2D eigenvalue weighted by atomic mass is 10.1. The third-order valence-electron chi connectivity index (χ3n) is 2.71. The van der Waals surface area contributed by atoms with E-state index < -0.39 is 15.6 Å². The first-order chi connectivity index (χ1) is 7.71. The average molecular weight is 322 g/mol. The third-order valence-corrected chi connectivity index (χ3v) is 5.32. The van der Waals surface area contributed by atoms with E-state index >= 15 is 0 Å². The second-order valence-corrected chi connectivity index (χ2v) is 7.28. The number of likely N-dealkylation sites (N-methyl/N-ethyl adjacent to an activating group) is 1. The number of sulfonamides is 1. The van der Waals surface area contributed by atoms with Crippen molar-refractivity contribution in [2.24, 2.45) is 0 Å². The molecule has 96 valence electrons. The summed E-state index contributed by atoms with van der Waals surface area (Å²) in [6, 6.07) is 6.41. The summed E-state index contributed by atoms with van der Waals surface area (Å²) in [5.41, 5.74) is -0.827. The topological polar surface area (TPSA) is 57.6 Å². The fraction of sp³-hybridized carbons (Fsp3) is 0.455. The van der Waals surface area contributed by atoms with E-state index in [0.29, 0.717) is 0 Å². The fourth-order valence-corrected chi connectivity index (χ4v) is 2.96. The van der Waals surface area contributed by atoms with Crippen LogP contribution < -0.4 is 0 Å². The normalized spacial score (nSPS) is 13.1. The van der Waals surface area contributed by atoms with Gasteiger partial charge in [-0.3, -0.25) is 0 Å². The van der Waals surface area contributed by atoms with Crippen LogP contribution in [-0.2, 0) is 10.0 Å². The first kappa shape index (κ1) is 14.6. The van der Waals surface area contributed by atoms with Crippen LogP contribution in [0.2, 0.25) is 0 Å². The van der Waals surface area contributed by atoms with E-state index in [2.05, 4.69) is 15.9 Å². The number of rotatable bonds is 4. The Labute approximate surface area is 110 Å². The van der Waals surface area contributed by atoms with Crippen molar-refractivity contribution in [3.8, 4) is 0 Å². The van der Waals surface area contributed by atoms with E-state index in [0.717, 1.165) is 4.47 Å². The molecule has 0 aliphatic carbocycles. The van der Waals surface area contributed by atoms with E-state index in [1.54, 1.807) is 26.0 Å². The molecule has 0 unspecified atom stereocenters. The Hall–Kier alpha value is -0.430. The highest BCUT2D eigenvalue weighted by atomic mass is 79.9. The standard InChI is InChI=1S/C11H16BrNO3S/c1-11(2,8-14)13(3)17(15,16)10-6-4-9(12)5-7-10/h4-7,14H,8H2,1-3H3. The third kappa shape index (κ3) is 3.07. The van der Waals surface area contributed by atoms with Gasteiger partial charge in [0.25, 0.3) is 0 Å². The van der Waals surface area contributed by atoms with Gasteiger partial charge < -0.3 is 5.11 Å². The van der Waals surface area contributed by atoms with E-state index in [9.17, 15) is 13.5 Å².